The predicted molar refractivity (Wildman–Crippen MR) is 83.7 cm³/mol. The monoisotopic (exact) mass is 315 g/mol. The highest BCUT2D eigenvalue weighted by molar-refractivity contribution is 7.10. The summed E-state index contributed by atoms with van der Waals surface area (Å²) in [6.45, 7) is 0. The predicted octanol–water partition coefficient (Wildman–Crippen LogP) is 3.24. The van der Waals surface area contributed by atoms with Crippen LogP contribution in [0.15, 0.2) is 29.6 Å². The zero-order valence-corrected chi connectivity index (χ0v) is 13.2. The fraction of sp³-hybridized carbons (Fsp3) is 0.286. The summed E-state index contributed by atoms with van der Waals surface area (Å²) >= 11 is 1.62. The third kappa shape index (κ3) is 3.17. The van der Waals surface area contributed by atoms with Crippen LogP contribution in [0, 0.1) is 0 Å². The van der Waals surface area contributed by atoms with E-state index < -0.39 is 0 Å². The van der Waals surface area contributed by atoms with E-state index in [1.165, 1.54) is 0 Å². The zero-order chi connectivity index (χ0) is 13.8. The molecule has 110 valence electrons. The van der Waals surface area contributed by atoms with Crippen molar-refractivity contribution in [2.45, 2.75) is 6.04 Å². The second-order valence-corrected chi connectivity index (χ2v) is 4.93. The van der Waals surface area contributed by atoms with Gasteiger partial charge < -0.3 is 19.9 Å². The Balaban J connectivity index is 0.00000200. The SMILES string of the molecule is COc1cc([C@H](N)c2cccs2)cc(OC)c1OC.Cl. The molecule has 2 rings (SSSR count). The third-order valence-electron chi connectivity index (χ3n) is 2.90. The second kappa shape index (κ2) is 7.38. The van der Waals surface area contributed by atoms with Gasteiger partial charge in [0.1, 0.15) is 0 Å². The Morgan fingerprint density at radius 1 is 1.05 bits per heavy atom. The van der Waals surface area contributed by atoms with Crippen LogP contribution in [0.25, 0.3) is 0 Å². The Hall–Kier alpha value is -1.43. The zero-order valence-electron chi connectivity index (χ0n) is 11.6. The molecule has 0 radical (unpaired) electrons. The smallest absolute Gasteiger partial charge is 0.203 e. The number of ether oxygens (including phenoxy) is 3. The lowest BCUT2D eigenvalue weighted by Crippen LogP contribution is -2.11. The molecule has 4 nitrogen and oxygen atoms in total. The number of hydrogen-bond acceptors (Lipinski definition) is 5. The van der Waals surface area contributed by atoms with E-state index in [2.05, 4.69) is 0 Å². The fourth-order valence-electron chi connectivity index (χ4n) is 1.91. The van der Waals surface area contributed by atoms with Gasteiger partial charge in [-0.2, -0.15) is 0 Å². The number of benzene rings is 1. The van der Waals surface area contributed by atoms with Gasteiger partial charge in [-0.3, -0.25) is 0 Å². The van der Waals surface area contributed by atoms with Crippen molar-refractivity contribution in [1.29, 1.82) is 0 Å². The Labute approximate surface area is 128 Å². The summed E-state index contributed by atoms with van der Waals surface area (Å²) in [6.07, 6.45) is 0. The Bertz CT molecular complexity index is 520. The van der Waals surface area contributed by atoms with Crippen molar-refractivity contribution in [3.63, 3.8) is 0 Å². The van der Waals surface area contributed by atoms with E-state index in [-0.39, 0.29) is 18.4 Å². The van der Waals surface area contributed by atoms with E-state index in [0.29, 0.717) is 17.2 Å². The molecule has 0 saturated heterocycles. The summed E-state index contributed by atoms with van der Waals surface area (Å²) in [4.78, 5) is 1.09. The van der Waals surface area contributed by atoms with Gasteiger partial charge in [-0.25, -0.2) is 0 Å². The van der Waals surface area contributed by atoms with E-state index in [1.54, 1.807) is 32.7 Å². The summed E-state index contributed by atoms with van der Waals surface area (Å²) in [5, 5.41) is 2.01. The maximum absolute atomic E-state index is 6.26. The van der Waals surface area contributed by atoms with Crippen molar-refractivity contribution in [2.24, 2.45) is 5.73 Å². The van der Waals surface area contributed by atoms with Gasteiger partial charge in [0.25, 0.3) is 0 Å². The van der Waals surface area contributed by atoms with Crippen molar-refractivity contribution in [3.8, 4) is 17.2 Å². The van der Waals surface area contributed by atoms with Gasteiger partial charge in [-0.15, -0.1) is 23.7 Å². The first-order valence-corrected chi connectivity index (χ1v) is 6.68. The molecule has 0 aliphatic rings. The quantitative estimate of drug-likeness (QED) is 0.920. The van der Waals surface area contributed by atoms with Crippen LogP contribution >= 0.6 is 23.7 Å². The standard InChI is InChI=1S/C14H17NO3S.ClH/c1-16-10-7-9(8-11(17-2)14(10)18-3)13(15)12-5-4-6-19-12;/h4-8,13H,15H2,1-3H3;1H/t13-;/m0./s1. The summed E-state index contributed by atoms with van der Waals surface area (Å²) < 4.78 is 16.0. The Kier molecular flexibility index (Phi) is 6.13. The van der Waals surface area contributed by atoms with Gasteiger partial charge in [0, 0.05) is 4.88 Å². The van der Waals surface area contributed by atoms with Crippen molar-refractivity contribution in [3.05, 3.63) is 40.1 Å². The average Bonchev–Trinajstić information content (AvgIpc) is 2.98. The second-order valence-electron chi connectivity index (χ2n) is 3.95. The maximum Gasteiger partial charge on any atom is 0.203 e. The lowest BCUT2D eigenvalue weighted by atomic mass is 10.0. The highest BCUT2D eigenvalue weighted by Gasteiger charge is 2.18. The van der Waals surface area contributed by atoms with Crippen LogP contribution in [0.2, 0.25) is 0 Å². The highest BCUT2D eigenvalue weighted by atomic mass is 35.5. The van der Waals surface area contributed by atoms with Gasteiger partial charge in [0.15, 0.2) is 11.5 Å². The van der Waals surface area contributed by atoms with Gasteiger partial charge >= 0.3 is 0 Å². The van der Waals surface area contributed by atoms with Crippen molar-refractivity contribution < 1.29 is 14.2 Å². The number of thiophene rings is 1. The van der Waals surface area contributed by atoms with Crippen LogP contribution in [-0.4, -0.2) is 21.3 Å². The summed E-state index contributed by atoms with van der Waals surface area (Å²) in [7, 11) is 4.77. The van der Waals surface area contributed by atoms with E-state index in [0.717, 1.165) is 10.4 Å². The molecule has 0 fully saturated rings. The average molecular weight is 316 g/mol. The molecule has 1 aromatic carbocycles. The van der Waals surface area contributed by atoms with E-state index in [4.69, 9.17) is 19.9 Å². The molecule has 0 spiro atoms. The molecule has 0 aliphatic carbocycles. The van der Waals surface area contributed by atoms with E-state index in [9.17, 15) is 0 Å². The molecule has 0 aliphatic heterocycles. The minimum absolute atomic E-state index is 0. The molecule has 0 amide bonds. The van der Waals surface area contributed by atoms with Crippen LogP contribution in [0.4, 0.5) is 0 Å². The maximum atomic E-state index is 6.26. The number of hydrogen-bond donors (Lipinski definition) is 1. The van der Waals surface area contributed by atoms with Crippen molar-refractivity contribution in [2.75, 3.05) is 21.3 Å². The summed E-state index contributed by atoms with van der Waals surface area (Å²) in [6, 6.07) is 7.56. The number of halogens is 1. The number of nitrogens with two attached hydrogens (primary N) is 1. The summed E-state index contributed by atoms with van der Waals surface area (Å²) in [5.41, 5.74) is 7.19. The Morgan fingerprint density at radius 3 is 2.05 bits per heavy atom. The van der Waals surface area contributed by atoms with E-state index in [1.807, 2.05) is 29.6 Å². The van der Waals surface area contributed by atoms with E-state index >= 15 is 0 Å². The molecule has 0 unspecified atom stereocenters. The molecule has 20 heavy (non-hydrogen) atoms. The first kappa shape index (κ1) is 16.6. The first-order chi connectivity index (χ1) is 9.21. The molecule has 0 bridgehead atoms. The number of rotatable bonds is 5. The molecular formula is C14H18ClNO3S. The lowest BCUT2D eigenvalue weighted by molar-refractivity contribution is 0.323. The topological polar surface area (TPSA) is 53.7 Å². The van der Waals surface area contributed by atoms with Crippen LogP contribution < -0.4 is 19.9 Å². The molecule has 2 aromatic rings. The molecule has 2 N–H and O–H groups in total. The third-order valence-corrected chi connectivity index (χ3v) is 3.85. The molecule has 0 saturated carbocycles. The van der Waals surface area contributed by atoms with Gasteiger partial charge in [-0.05, 0) is 29.1 Å². The van der Waals surface area contributed by atoms with Gasteiger partial charge in [0.05, 0.1) is 27.4 Å². The van der Waals surface area contributed by atoms with Gasteiger partial charge in [0.2, 0.25) is 5.75 Å². The fourth-order valence-corrected chi connectivity index (χ4v) is 2.67. The van der Waals surface area contributed by atoms with Crippen LogP contribution in [0.5, 0.6) is 17.2 Å². The van der Waals surface area contributed by atoms with Crippen LogP contribution in [0.3, 0.4) is 0 Å². The lowest BCUT2D eigenvalue weighted by Gasteiger charge is -2.17. The minimum atomic E-state index is -0.200. The largest absolute Gasteiger partial charge is 0.493 e. The van der Waals surface area contributed by atoms with Crippen molar-refractivity contribution >= 4 is 23.7 Å². The number of methoxy groups -OCH3 is 3. The Morgan fingerprint density at radius 2 is 1.65 bits per heavy atom. The van der Waals surface area contributed by atoms with Crippen LogP contribution in [-0.2, 0) is 0 Å². The minimum Gasteiger partial charge on any atom is -0.493 e. The van der Waals surface area contributed by atoms with Gasteiger partial charge in [-0.1, -0.05) is 6.07 Å². The molecule has 6 heteroatoms. The molecule has 1 aromatic heterocycles. The highest BCUT2D eigenvalue weighted by Crippen LogP contribution is 2.40. The van der Waals surface area contributed by atoms with Crippen molar-refractivity contribution in [1.82, 2.24) is 0 Å². The first-order valence-electron chi connectivity index (χ1n) is 5.80. The summed E-state index contributed by atoms with van der Waals surface area (Å²) in [5.74, 6) is 1.81. The molecule has 1 heterocycles. The molecule has 1 atom stereocenters. The normalized spacial score (nSPS) is 11.4. The molecular weight excluding hydrogens is 298 g/mol. The van der Waals surface area contributed by atoms with Crippen LogP contribution in [0.1, 0.15) is 16.5 Å².